The van der Waals surface area contributed by atoms with Crippen molar-refractivity contribution in [1.82, 2.24) is 10.9 Å². The molecule has 1 atom stereocenters. The van der Waals surface area contributed by atoms with Gasteiger partial charge >= 0.3 is 6.18 Å². The quantitative estimate of drug-likeness (QED) is 0.163. The summed E-state index contributed by atoms with van der Waals surface area (Å²) in [4.78, 5) is 16.5. The predicted octanol–water partition coefficient (Wildman–Crippen LogP) is 4.75. The molecule has 0 radical (unpaired) electrons. The Morgan fingerprint density at radius 2 is 1.69 bits per heavy atom. The highest BCUT2D eigenvalue weighted by molar-refractivity contribution is 7.73. The Labute approximate surface area is 200 Å². The van der Waals surface area contributed by atoms with Crippen molar-refractivity contribution < 1.29 is 50.4 Å². The summed E-state index contributed by atoms with van der Waals surface area (Å²) < 4.78 is 84.9. The first kappa shape index (κ1) is 26.3. The standard InChI is InChI=1S/C20H18F6N4O4S/c1-2-3-17(31)18-19(20(23,24)25)28-29(27-18)11-8-15(21)14(16(22)9-11)10-33-12-4-6-13(7-5-12)34-30(26,32)35/h4-9,27,32,35H,2-3,10H2,1H3/p+1. The molecule has 1 unspecified atom stereocenters. The van der Waals surface area contributed by atoms with Gasteiger partial charge in [-0.05, 0) is 30.7 Å². The SMILES string of the molecule is CCCC(=O)C1=C(C(F)(F)F)NN(c2cc(F)c(COc3ccc(O[N+](O)(F)S)cc3)c(F)c2)N1. The van der Waals surface area contributed by atoms with E-state index in [0.29, 0.717) is 11.5 Å². The molecule has 0 amide bonds. The number of allylic oxidation sites excluding steroid dienone is 2. The average Bonchev–Trinajstić information content (AvgIpc) is 3.20. The number of quaternary nitrogens is 1. The van der Waals surface area contributed by atoms with E-state index in [1.54, 1.807) is 6.92 Å². The first-order valence-electron chi connectivity index (χ1n) is 9.91. The van der Waals surface area contributed by atoms with Gasteiger partial charge in [0.05, 0.1) is 11.3 Å². The third-order valence-electron chi connectivity index (χ3n) is 4.55. The summed E-state index contributed by atoms with van der Waals surface area (Å²) in [6, 6.07) is 6.43. The van der Waals surface area contributed by atoms with Crippen molar-refractivity contribution in [2.45, 2.75) is 32.5 Å². The summed E-state index contributed by atoms with van der Waals surface area (Å²) in [5.41, 5.74) is 1.10. The second kappa shape index (κ2) is 10.1. The van der Waals surface area contributed by atoms with Gasteiger partial charge in [0, 0.05) is 18.6 Å². The second-order valence-corrected chi connectivity index (χ2v) is 7.69. The van der Waals surface area contributed by atoms with E-state index in [1.807, 2.05) is 5.43 Å². The van der Waals surface area contributed by atoms with Gasteiger partial charge in [-0.15, -0.1) is 5.21 Å². The van der Waals surface area contributed by atoms with Crippen LogP contribution in [0.4, 0.5) is 32.1 Å². The number of benzene rings is 2. The average molecular weight is 525 g/mol. The van der Waals surface area contributed by atoms with Crippen LogP contribution in [-0.4, -0.2) is 21.6 Å². The van der Waals surface area contributed by atoms with Gasteiger partial charge < -0.3 is 4.74 Å². The first-order chi connectivity index (χ1) is 16.3. The van der Waals surface area contributed by atoms with Gasteiger partial charge in [0.1, 0.15) is 34.2 Å². The summed E-state index contributed by atoms with van der Waals surface area (Å²) in [6.45, 7) is 1.02. The van der Waals surface area contributed by atoms with Gasteiger partial charge in [-0.2, -0.15) is 18.3 Å². The summed E-state index contributed by atoms with van der Waals surface area (Å²) in [5, 5.41) is 9.38. The monoisotopic (exact) mass is 525 g/mol. The van der Waals surface area contributed by atoms with E-state index in [-0.39, 0.29) is 23.6 Å². The Balaban J connectivity index is 1.73. The van der Waals surface area contributed by atoms with Crippen molar-refractivity contribution in [3.05, 3.63) is 65.0 Å². The number of anilines is 1. The number of Topliss-reactive ketones (excluding diaryl/α,β-unsaturated/α-hetero) is 1. The largest absolute Gasteiger partial charge is 0.489 e. The van der Waals surface area contributed by atoms with Crippen molar-refractivity contribution in [3.63, 3.8) is 0 Å². The topological polar surface area (TPSA) is 83.1 Å². The molecule has 0 bridgehead atoms. The van der Waals surface area contributed by atoms with E-state index in [9.17, 15) is 31.2 Å². The van der Waals surface area contributed by atoms with Crippen LogP contribution in [0, 0.1) is 11.6 Å². The molecule has 3 N–H and O–H groups in total. The highest BCUT2D eigenvalue weighted by Gasteiger charge is 2.43. The molecule has 0 aromatic heterocycles. The Morgan fingerprint density at radius 3 is 2.20 bits per heavy atom. The molecule has 0 aliphatic carbocycles. The van der Waals surface area contributed by atoms with Crippen molar-refractivity contribution in [2.24, 2.45) is 0 Å². The fourth-order valence-electron chi connectivity index (χ4n) is 2.99. The lowest BCUT2D eigenvalue weighted by atomic mass is 10.1. The van der Waals surface area contributed by atoms with Gasteiger partial charge in [0.15, 0.2) is 24.3 Å². The van der Waals surface area contributed by atoms with Crippen molar-refractivity contribution in [1.29, 1.82) is 0 Å². The molecule has 0 spiro atoms. The zero-order valence-corrected chi connectivity index (χ0v) is 18.8. The number of hydrazine groups is 2. The highest BCUT2D eigenvalue weighted by Crippen LogP contribution is 2.32. The molecule has 15 heteroatoms. The molecule has 8 nitrogen and oxygen atoms in total. The maximum absolute atomic E-state index is 14.6. The van der Waals surface area contributed by atoms with Gasteiger partial charge in [-0.25, -0.2) is 13.6 Å². The van der Waals surface area contributed by atoms with Crippen LogP contribution in [0.25, 0.3) is 0 Å². The molecule has 1 heterocycles. The lowest BCUT2D eigenvalue weighted by molar-refractivity contribution is -1.22. The number of ether oxygens (including phenoxy) is 1. The summed E-state index contributed by atoms with van der Waals surface area (Å²) >= 11 is 3.09. The van der Waals surface area contributed by atoms with E-state index in [2.05, 4.69) is 23.1 Å². The Hall–Kier alpha value is -3.30. The molecule has 1 aliphatic rings. The zero-order valence-electron chi connectivity index (χ0n) is 17.9. The van der Waals surface area contributed by atoms with E-state index in [0.717, 1.165) is 12.1 Å². The normalized spacial score (nSPS) is 15.4. The van der Waals surface area contributed by atoms with Crippen LogP contribution in [0.5, 0.6) is 11.5 Å². The van der Waals surface area contributed by atoms with Crippen LogP contribution in [0.1, 0.15) is 25.3 Å². The fraction of sp³-hybridized carbons (Fsp3) is 0.250. The van der Waals surface area contributed by atoms with Gasteiger partial charge in [0.2, 0.25) is 10.2 Å². The van der Waals surface area contributed by atoms with Gasteiger partial charge in [0.25, 0.3) is 0 Å². The fourth-order valence-corrected chi connectivity index (χ4v) is 3.09. The highest BCUT2D eigenvalue weighted by atomic mass is 32.1. The number of hydrogen-bond acceptors (Lipinski definition) is 8. The molecule has 2 aromatic carbocycles. The van der Waals surface area contributed by atoms with E-state index in [4.69, 9.17) is 9.94 Å². The molecular formula is C20H19F6N4O4S+. The Morgan fingerprint density at radius 1 is 1.11 bits per heavy atom. The summed E-state index contributed by atoms with van der Waals surface area (Å²) in [5.74, 6) is -3.09. The lowest BCUT2D eigenvalue weighted by Gasteiger charge is -2.21. The third-order valence-corrected chi connectivity index (χ3v) is 4.63. The maximum Gasteiger partial charge on any atom is 0.435 e. The number of ketones is 1. The minimum Gasteiger partial charge on any atom is -0.489 e. The van der Waals surface area contributed by atoms with Crippen LogP contribution in [0.15, 0.2) is 47.8 Å². The summed E-state index contributed by atoms with van der Waals surface area (Å²) in [6.07, 6.45) is -4.78. The minimum atomic E-state index is -4.92. The number of carbonyl (C=O) groups is 1. The van der Waals surface area contributed by atoms with Crippen LogP contribution < -0.4 is 25.5 Å². The lowest BCUT2D eigenvalue weighted by Crippen LogP contribution is -2.42. The second-order valence-electron chi connectivity index (χ2n) is 7.19. The molecule has 0 saturated heterocycles. The van der Waals surface area contributed by atoms with E-state index in [1.165, 1.54) is 24.3 Å². The molecule has 2 aromatic rings. The number of carbonyl (C=O) groups excluding carboxylic acids is 1. The van der Waals surface area contributed by atoms with Gasteiger partial charge in [-0.1, -0.05) is 6.92 Å². The van der Waals surface area contributed by atoms with Crippen LogP contribution >= 0.6 is 12.8 Å². The molecule has 3 rings (SSSR count). The van der Waals surface area contributed by atoms with Crippen molar-refractivity contribution >= 4 is 24.3 Å². The van der Waals surface area contributed by atoms with E-state index >= 15 is 0 Å². The molecule has 0 fully saturated rings. The molecule has 190 valence electrons. The molecule has 35 heavy (non-hydrogen) atoms. The van der Waals surface area contributed by atoms with Crippen molar-refractivity contribution in [2.75, 3.05) is 5.12 Å². The molecule has 1 aliphatic heterocycles. The molecule has 0 saturated carbocycles. The Bertz CT molecular complexity index is 1100. The van der Waals surface area contributed by atoms with Crippen LogP contribution in [-0.2, 0) is 11.4 Å². The molecular weight excluding hydrogens is 506 g/mol. The van der Waals surface area contributed by atoms with Crippen molar-refractivity contribution in [3.8, 4) is 11.5 Å². The number of thiol groups is 1. The number of hydrogen-bond donors (Lipinski definition) is 4. The maximum atomic E-state index is 14.6. The number of rotatable bonds is 9. The number of nitrogens with zero attached hydrogens (tertiary/aromatic N) is 2. The van der Waals surface area contributed by atoms with E-state index < -0.39 is 51.6 Å². The number of nitrogens with one attached hydrogen (secondary N) is 2. The predicted molar refractivity (Wildman–Crippen MR) is 112 cm³/mol. The summed E-state index contributed by atoms with van der Waals surface area (Å²) in [7, 11) is 0. The minimum absolute atomic E-state index is 0.107. The number of alkyl halides is 3. The third kappa shape index (κ3) is 6.64. The Kier molecular flexibility index (Phi) is 7.62. The van der Waals surface area contributed by atoms with Gasteiger partial charge in [-0.3, -0.25) is 15.6 Å². The van der Waals surface area contributed by atoms with Crippen LogP contribution in [0.3, 0.4) is 0 Å². The smallest absolute Gasteiger partial charge is 0.435 e. The van der Waals surface area contributed by atoms with Crippen LogP contribution in [0.2, 0.25) is 0 Å². The zero-order chi connectivity index (χ0) is 26.0. The first-order valence-corrected chi connectivity index (χ1v) is 10.3. The number of halogens is 6.